The molecule has 2 aromatic rings. The van der Waals surface area contributed by atoms with E-state index in [1.807, 2.05) is 0 Å². The molecule has 1 nitrogen and oxygen atoms in total. The number of hydrogen-bond donors (Lipinski definition) is 0. The van der Waals surface area contributed by atoms with Gasteiger partial charge in [0.05, 0.1) is 0 Å². The van der Waals surface area contributed by atoms with E-state index in [9.17, 15) is 9.18 Å². The fourth-order valence-corrected chi connectivity index (χ4v) is 1.85. The summed E-state index contributed by atoms with van der Waals surface area (Å²) in [7, 11) is 0. The molecule has 0 saturated heterocycles. The monoisotopic (exact) mass is 248 g/mol. The lowest BCUT2D eigenvalue weighted by molar-refractivity contribution is 0.101. The zero-order valence-electron chi connectivity index (χ0n) is 9.21. The van der Waals surface area contributed by atoms with Crippen molar-refractivity contribution in [3.8, 4) is 11.1 Å². The molecule has 2 aromatic carbocycles. The highest BCUT2D eigenvalue weighted by molar-refractivity contribution is 6.33. The first-order valence-electron chi connectivity index (χ1n) is 5.15. The number of carbonyl (C=O) groups is 1. The van der Waals surface area contributed by atoms with E-state index in [2.05, 4.69) is 0 Å². The summed E-state index contributed by atoms with van der Waals surface area (Å²) in [5.41, 5.74) is 1.46. The van der Waals surface area contributed by atoms with Gasteiger partial charge in [-0.1, -0.05) is 29.8 Å². The highest BCUT2D eigenvalue weighted by Crippen LogP contribution is 2.30. The number of rotatable bonds is 2. The van der Waals surface area contributed by atoms with Gasteiger partial charge in [0.25, 0.3) is 0 Å². The van der Waals surface area contributed by atoms with Crippen LogP contribution in [0.15, 0.2) is 42.5 Å². The zero-order chi connectivity index (χ0) is 12.4. The summed E-state index contributed by atoms with van der Waals surface area (Å²) in [5, 5.41) is 0.431. The summed E-state index contributed by atoms with van der Waals surface area (Å²) < 4.78 is 13.6. The van der Waals surface area contributed by atoms with Gasteiger partial charge >= 0.3 is 0 Å². The lowest BCUT2D eigenvalue weighted by Gasteiger charge is -2.07. The van der Waals surface area contributed by atoms with Gasteiger partial charge < -0.3 is 0 Å². The predicted octanol–water partition coefficient (Wildman–Crippen LogP) is 4.35. The van der Waals surface area contributed by atoms with Crippen LogP contribution in [0, 0.1) is 5.82 Å². The average Bonchev–Trinajstić information content (AvgIpc) is 2.30. The van der Waals surface area contributed by atoms with Gasteiger partial charge in [-0.2, -0.15) is 0 Å². The molecule has 0 radical (unpaired) electrons. The number of benzene rings is 2. The lowest BCUT2D eigenvalue weighted by atomic mass is 10.0. The van der Waals surface area contributed by atoms with Crippen LogP contribution in [0.1, 0.15) is 17.3 Å². The van der Waals surface area contributed by atoms with E-state index in [-0.39, 0.29) is 11.6 Å². The number of hydrogen-bond acceptors (Lipinski definition) is 1. The fraction of sp³-hybridized carbons (Fsp3) is 0.0714. The summed E-state index contributed by atoms with van der Waals surface area (Å²) >= 11 is 6.03. The number of halogens is 2. The van der Waals surface area contributed by atoms with Crippen molar-refractivity contribution >= 4 is 17.4 Å². The SMILES string of the molecule is CC(=O)c1ccc(Cl)c(-c2ccccc2F)c1. The third-order valence-corrected chi connectivity index (χ3v) is 2.87. The molecule has 0 aromatic heterocycles. The second-order valence-electron chi connectivity index (χ2n) is 3.73. The fourth-order valence-electron chi connectivity index (χ4n) is 1.63. The van der Waals surface area contributed by atoms with E-state index in [0.717, 1.165) is 0 Å². The first-order valence-corrected chi connectivity index (χ1v) is 5.53. The summed E-state index contributed by atoms with van der Waals surface area (Å²) in [6.07, 6.45) is 0. The van der Waals surface area contributed by atoms with Crippen molar-refractivity contribution < 1.29 is 9.18 Å². The van der Waals surface area contributed by atoms with Crippen LogP contribution in [0.2, 0.25) is 5.02 Å². The Balaban J connectivity index is 2.63. The minimum absolute atomic E-state index is 0.0701. The molecule has 0 aliphatic rings. The van der Waals surface area contributed by atoms with E-state index >= 15 is 0 Å². The van der Waals surface area contributed by atoms with E-state index in [4.69, 9.17) is 11.6 Å². The number of carbonyl (C=O) groups excluding carboxylic acids is 1. The molecule has 0 aliphatic heterocycles. The van der Waals surface area contributed by atoms with Gasteiger partial charge in [-0.05, 0) is 31.2 Å². The Morgan fingerprint density at radius 2 is 1.82 bits per heavy atom. The maximum Gasteiger partial charge on any atom is 0.159 e. The van der Waals surface area contributed by atoms with E-state index < -0.39 is 0 Å². The summed E-state index contributed by atoms with van der Waals surface area (Å²) in [6, 6.07) is 11.2. The summed E-state index contributed by atoms with van der Waals surface area (Å²) in [6.45, 7) is 1.47. The Morgan fingerprint density at radius 1 is 1.12 bits per heavy atom. The molecule has 0 heterocycles. The van der Waals surface area contributed by atoms with Gasteiger partial charge in [0.1, 0.15) is 5.82 Å². The molecule has 0 bridgehead atoms. The normalized spacial score (nSPS) is 10.3. The highest BCUT2D eigenvalue weighted by atomic mass is 35.5. The van der Waals surface area contributed by atoms with Crippen LogP contribution in [0.4, 0.5) is 4.39 Å². The number of ketones is 1. The molecule has 0 saturated carbocycles. The van der Waals surface area contributed by atoms with E-state index in [0.29, 0.717) is 21.7 Å². The highest BCUT2D eigenvalue weighted by Gasteiger charge is 2.10. The molecule has 0 spiro atoms. The molecule has 2 rings (SSSR count). The minimum Gasteiger partial charge on any atom is -0.295 e. The molecule has 0 aliphatic carbocycles. The largest absolute Gasteiger partial charge is 0.295 e. The molecular weight excluding hydrogens is 239 g/mol. The van der Waals surface area contributed by atoms with Crippen LogP contribution in [0.3, 0.4) is 0 Å². The van der Waals surface area contributed by atoms with Crippen LogP contribution < -0.4 is 0 Å². The van der Waals surface area contributed by atoms with Gasteiger partial charge in [0.2, 0.25) is 0 Å². The average molecular weight is 249 g/mol. The predicted molar refractivity (Wildman–Crippen MR) is 66.9 cm³/mol. The zero-order valence-corrected chi connectivity index (χ0v) is 9.96. The van der Waals surface area contributed by atoms with Crippen LogP contribution in [-0.2, 0) is 0 Å². The van der Waals surface area contributed by atoms with Crippen molar-refractivity contribution in [2.75, 3.05) is 0 Å². The van der Waals surface area contributed by atoms with Crippen LogP contribution in [0.25, 0.3) is 11.1 Å². The molecule has 0 unspecified atom stereocenters. The maximum atomic E-state index is 13.6. The van der Waals surface area contributed by atoms with Crippen LogP contribution >= 0.6 is 11.6 Å². The second kappa shape index (κ2) is 4.68. The smallest absolute Gasteiger partial charge is 0.159 e. The van der Waals surface area contributed by atoms with Crippen molar-refractivity contribution in [2.45, 2.75) is 6.92 Å². The lowest BCUT2D eigenvalue weighted by Crippen LogP contribution is -1.93. The Kier molecular flexibility index (Phi) is 3.25. The van der Waals surface area contributed by atoms with Gasteiger partial charge in [-0.25, -0.2) is 4.39 Å². The molecule has 17 heavy (non-hydrogen) atoms. The third kappa shape index (κ3) is 2.37. The maximum absolute atomic E-state index is 13.6. The summed E-state index contributed by atoms with van der Waals surface area (Å²) in [4.78, 5) is 11.3. The van der Waals surface area contributed by atoms with Crippen molar-refractivity contribution in [1.29, 1.82) is 0 Å². The van der Waals surface area contributed by atoms with Gasteiger partial charge in [-0.3, -0.25) is 4.79 Å². The molecule has 0 fully saturated rings. The third-order valence-electron chi connectivity index (χ3n) is 2.54. The Bertz CT molecular complexity index is 578. The van der Waals surface area contributed by atoms with E-state index in [1.54, 1.807) is 36.4 Å². The Hall–Kier alpha value is -1.67. The number of Topliss-reactive ketones (excluding diaryl/α,β-unsaturated/α-hetero) is 1. The molecule has 3 heteroatoms. The van der Waals surface area contributed by atoms with Gasteiger partial charge in [0, 0.05) is 21.7 Å². The quantitative estimate of drug-likeness (QED) is 0.722. The molecular formula is C14H10ClFO. The molecule has 0 N–H and O–H groups in total. The first-order chi connectivity index (χ1) is 8.09. The van der Waals surface area contributed by atoms with Gasteiger partial charge in [0.15, 0.2) is 5.78 Å². The van der Waals surface area contributed by atoms with Crippen molar-refractivity contribution in [1.82, 2.24) is 0 Å². The Morgan fingerprint density at radius 3 is 2.47 bits per heavy atom. The van der Waals surface area contributed by atoms with Crippen LogP contribution in [-0.4, -0.2) is 5.78 Å². The molecule has 0 atom stereocenters. The van der Waals surface area contributed by atoms with E-state index in [1.165, 1.54) is 13.0 Å². The second-order valence-corrected chi connectivity index (χ2v) is 4.14. The first kappa shape index (κ1) is 11.8. The minimum atomic E-state index is -0.352. The van der Waals surface area contributed by atoms with Crippen LogP contribution in [0.5, 0.6) is 0 Å². The Labute approximate surface area is 104 Å². The van der Waals surface area contributed by atoms with Crippen molar-refractivity contribution in [3.05, 3.63) is 58.9 Å². The van der Waals surface area contributed by atoms with Crippen molar-refractivity contribution in [2.24, 2.45) is 0 Å². The standard InChI is InChI=1S/C14H10ClFO/c1-9(17)10-6-7-13(15)12(8-10)11-4-2-3-5-14(11)16/h2-8H,1H3. The molecule has 86 valence electrons. The topological polar surface area (TPSA) is 17.1 Å². The summed E-state index contributed by atoms with van der Waals surface area (Å²) in [5.74, 6) is -0.422. The van der Waals surface area contributed by atoms with Gasteiger partial charge in [-0.15, -0.1) is 0 Å². The molecule has 0 amide bonds. The van der Waals surface area contributed by atoms with Crippen molar-refractivity contribution in [3.63, 3.8) is 0 Å².